The normalized spacial score (nSPS) is 24.3. The van der Waals surface area contributed by atoms with Gasteiger partial charge in [-0.3, -0.25) is 0 Å². The van der Waals surface area contributed by atoms with Crippen molar-refractivity contribution in [1.82, 2.24) is 0 Å². The average molecular weight is 272 g/mol. The Morgan fingerprint density at radius 2 is 2.41 bits per heavy atom. The van der Waals surface area contributed by atoms with Crippen LogP contribution in [0.15, 0.2) is 15.5 Å². The van der Waals surface area contributed by atoms with Crippen molar-refractivity contribution in [2.24, 2.45) is 5.18 Å². The molecule has 1 aliphatic heterocycles. The minimum Gasteiger partial charge on any atom is -0.461 e. The Morgan fingerprint density at radius 3 is 2.94 bits per heavy atom. The molecule has 1 saturated heterocycles. The molecule has 1 heterocycles. The Kier molecular flexibility index (Phi) is 5.02. The van der Waals surface area contributed by atoms with Gasteiger partial charge in [0, 0.05) is 6.08 Å². The zero-order valence-corrected chi connectivity index (χ0v) is 11.1. The molecule has 1 rings (SSSR count). The van der Waals surface area contributed by atoms with Crippen LogP contribution >= 0.6 is 23.5 Å². The molecule has 0 amide bonds. The van der Waals surface area contributed by atoms with E-state index in [4.69, 9.17) is 10.00 Å². The maximum atomic E-state index is 11.3. The third-order valence-corrected chi connectivity index (χ3v) is 4.98. The van der Waals surface area contributed by atoms with E-state index in [1.807, 2.05) is 19.9 Å². The summed E-state index contributed by atoms with van der Waals surface area (Å²) in [5.41, 5.74) is 0. The van der Waals surface area contributed by atoms with Crippen molar-refractivity contribution in [3.05, 3.63) is 15.2 Å². The zero-order chi connectivity index (χ0) is 12.9. The summed E-state index contributed by atoms with van der Waals surface area (Å²) in [6, 6.07) is 1.88. The molecule has 0 aromatic heterocycles. The SMILES string of the molecule is CC1(C)SC(=CC(=O)OCCC#N)SC1N=O. The minimum absolute atomic E-state index is 0.0905. The first-order chi connectivity index (χ1) is 7.99. The van der Waals surface area contributed by atoms with E-state index in [0.29, 0.717) is 0 Å². The van der Waals surface area contributed by atoms with Crippen LogP contribution in [0.25, 0.3) is 0 Å². The summed E-state index contributed by atoms with van der Waals surface area (Å²) in [6.07, 6.45) is 1.53. The first-order valence-corrected chi connectivity index (χ1v) is 6.63. The van der Waals surface area contributed by atoms with Gasteiger partial charge < -0.3 is 4.74 Å². The predicted molar refractivity (Wildman–Crippen MR) is 68.1 cm³/mol. The van der Waals surface area contributed by atoms with Crippen molar-refractivity contribution >= 4 is 29.5 Å². The summed E-state index contributed by atoms with van der Waals surface area (Å²) in [7, 11) is 0. The first kappa shape index (κ1) is 14.1. The summed E-state index contributed by atoms with van der Waals surface area (Å²) < 4.78 is 5.22. The van der Waals surface area contributed by atoms with Crippen LogP contribution in [0.1, 0.15) is 20.3 Å². The van der Waals surface area contributed by atoms with Crippen LogP contribution < -0.4 is 0 Å². The van der Waals surface area contributed by atoms with Gasteiger partial charge in [0.1, 0.15) is 6.61 Å². The number of carbonyl (C=O) groups excluding carboxylic acids is 1. The molecule has 1 unspecified atom stereocenters. The van der Waals surface area contributed by atoms with Crippen molar-refractivity contribution in [3.63, 3.8) is 0 Å². The molecule has 1 atom stereocenters. The minimum atomic E-state index is -0.488. The molecule has 0 aromatic rings. The topological polar surface area (TPSA) is 79.5 Å². The van der Waals surface area contributed by atoms with Crippen molar-refractivity contribution < 1.29 is 9.53 Å². The smallest absolute Gasteiger partial charge is 0.332 e. The third-order valence-electron chi connectivity index (χ3n) is 1.98. The molecule has 0 spiro atoms. The molecule has 0 aromatic carbocycles. The van der Waals surface area contributed by atoms with E-state index in [9.17, 15) is 9.70 Å². The first-order valence-electron chi connectivity index (χ1n) is 4.93. The van der Waals surface area contributed by atoms with E-state index in [2.05, 4.69) is 5.18 Å². The highest BCUT2D eigenvalue weighted by molar-refractivity contribution is 8.26. The highest BCUT2D eigenvalue weighted by atomic mass is 32.2. The quantitative estimate of drug-likeness (QED) is 0.339. The summed E-state index contributed by atoms with van der Waals surface area (Å²) >= 11 is 2.70. The van der Waals surface area contributed by atoms with E-state index in [1.54, 1.807) is 0 Å². The summed E-state index contributed by atoms with van der Waals surface area (Å²) in [5, 5.41) is 10.9. The Balaban J connectivity index is 2.55. The molecule has 0 N–H and O–H groups in total. The molecular formula is C10H12N2O3S2. The Labute approximate surface area is 108 Å². The largest absolute Gasteiger partial charge is 0.461 e. The number of hydrogen-bond donors (Lipinski definition) is 0. The lowest BCUT2D eigenvalue weighted by Crippen LogP contribution is -2.22. The van der Waals surface area contributed by atoms with Crippen molar-refractivity contribution in [3.8, 4) is 6.07 Å². The lowest BCUT2D eigenvalue weighted by Gasteiger charge is -2.16. The second-order valence-corrected chi connectivity index (χ2v) is 6.90. The lowest BCUT2D eigenvalue weighted by molar-refractivity contribution is -0.137. The highest BCUT2D eigenvalue weighted by Gasteiger charge is 2.41. The maximum Gasteiger partial charge on any atom is 0.332 e. The zero-order valence-electron chi connectivity index (χ0n) is 9.50. The van der Waals surface area contributed by atoms with Gasteiger partial charge in [-0.25, -0.2) is 4.79 Å². The van der Waals surface area contributed by atoms with Crippen LogP contribution in [0, 0.1) is 16.2 Å². The fourth-order valence-electron chi connectivity index (χ4n) is 1.13. The van der Waals surface area contributed by atoms with Crippen LogP contribution in [-0.4, -0.2) is 22.7 Å². The number of esters is 1. The van der Waals surface area contributed by atoms with Gasteiger partial charge in [-0.15, -0.1) is 16.7 Å². The van der Waals surface area contributed by atoms with Gasteiger partial charge in [0.25, 0.3) is 0 Å². The number of nitroso groups, excluding NO2 is 1. The van der Waals surface area contributed by atoms with Gasteiger partial charge in [-0.2, -0.15) is 5.26 Å². The van der Waals surface area contributed by atoms with Crippen LogP contribution in [0.3, 0.4) is 0 Å². The molecule has 5 nitrogen and oxygen atoms in total. The number of rotatable bonds is 4. The number of nitrogens with zero attached hydrogens (tertiary/aromatic N) is 2. The molecule has 0 aliphatic carbocycles. The van der Waals surface area contributed by atoms with E-state index >= 15 is 0 Å². The maximum absolute atomic E-state index is 11.3. The highest BCUT2D eigenvalue weighted by Crippen LogP contribution is 2.54. The van der Waals surface area contributed by atoms with Gasteiger partial charge in [-0.05, 0) is 13.8 Å². The number of thioether (sulfide) groups is 2. The Morgan fingerprint density at radius 1 is 1.71 bits per heavy atom. The van der Waals surface area contributed by atoms with Gasteiger partial charge in [-0.1, -0.05) is 16.9 Å². The third kappa shape index (κ3) is 4.06. The van der Waals surface area contributed by atoms with Crippen molar-refractivity contribution in [1.29, 1.82) is 5.26 Å². The van der Waals surface area contributed by atoms with E-state index in [1.165, 1.54) is 29.6 Å². The van der Waals surface area contributed by atoms with E-state index < -0.39 is 11.3 Å². The number of ether oxygens (including phenoxy) is 1. The van der Waals surface area contributed by atoms with Crippen LogP contribution in [0.2, 0.25) is 0 Å². The van der Waals surface area contributed by atoms with Crippen molar-refractivity contribution in [2.45, 2.75) is 30.4 Å². The Bertz CT molecular complexity index is 388. The van der Waals surface area contributed by atoms with Crippen molar-refractivity contribution in [2.75, 3.05) is 6.61 Å². The monoisotopic (exact) mass is 272 g/mol. The number of nitriles is 1. The van der Waals surface area contributed by atoms with Gasteiger partial charge in [0.15, 0.2) is 5.37 Å². The number of hydrogen-bond acceptors (Lipinski definition) is 7. The molecule has 92 valence electrons. The van der Waals surface area contributed by atoms with Gasteiger partial charge in [0.05, 0.1) is 21.5 Å². The summed E-state index contributed by atoms with van der Waals surface area (Å²) in [6.45, 7) is 3.89. The molecular weight excluding hydrogens is 260 g/mol. The molecule has 0 bridgehead atoms. The van der Waals surface area contributed by atoms with Gasteiger partial charge in [0.2, 0.25) is 0 Å². The second kappa shape index (κ2) is 6.07. The second-order valence-electron chi connectivity index (χ2n) is 3.82. The molecule has 1 aliphatic rings. The lowest BCUT2D eigenvalue weighted by atomic mass is 10.2. The molecule has 0 saturated carbocycles. The average Bonchev–Trinajstić information content (AvgIpc) is 2.53. The standard InChI is InChI=1S/C10H12N2O3S2/c1-10(2)9(12-14)16-8(17-10)6-7(13)15-5-3-4-11/h6,9H,3,5H2,1-2H3. The molecule has 7 heteroatoms. The van der Waals surface area contributed by atoms with Gasteiger partial charge >= 0.3 is 5.97 Å². The summed E-state index contributed by atoms with van der Waals surface area (Å²) in [5.74, 6) is -0.488. The van der Waals surface area contributed by atoms with Crippen LogP contribution in [-0.2, 0) is 9.53 Å². The molecule has 17 heavy (non-hydrogen) atoms. The Hall–Kier alpha value is -1.00. The van der Waals surface area contributed by atoms with E-state index in [-0.39, 0.29) is 17.8 Å². The van der Waals surface area contributed by atoms with Crippen LogP contribution in [0.4, 0.5) is 0 Å². The van der Waals surface area contributed by atoms with Crippen LogP contribution in [0.5, 0.6) is 0 Å². The fraction of sp³-hybridized carbons (Fsp3) is 0.600. The van der Waals surface area contributed by atoms with E-state index in [0.717, 1.165) is 4.24 Å². The predicted octanol–water partition coefficient (Wildman–Crippen LogP) is 2.64. The summed E-state index contributed by atoms with van der Waals surface area (Å²) in [4.78, 5) is 21.9. The number of carbonyl (C=O) groups is 1. The molecule has 0 radical (unpaired) electrons. The fourth-order valence-corrected chi connectivity index (χ4v) is 4.06. The molecule has 1 fully saturated rings.